The number of thiazole rings is 1. The fraction of sp³-hybridized carbons (Fsp3) is 0.158. The zero-order valence-electron chi connectivity index (χ0n) is 12.5. The summed E-state index contributed by atoms with van der Waals surface area (Å²) in [6.45, 7) is 0. The maximum absolute atomic E-state index is 11.8. The Morgan fingerprint density at radius 3 is 2.43 bits per heavy atom. The third-order valence-electron chi connectivity index (χ3n) is 3.92. The molecule has 3 aromatic rings. The molecule has 0 spiro atoms. The normalized spacial score (nSPS) is 13.7. The minimum Gasteiger partial charge on any atom is -0.326 e. The van der Waals surface area contributed by atoms with Crippen LogP contribution in [-0.4, -0.2) is 10.9 Å². The van der Waals surface area contributed by atoms with Gasteiger partial charge in [-0.05, 0) is 37.1 Å². The molecule has 1 heterocycles. The Balaban J connectivity index is 1.52. The molecule has 0 unspecified atom stereocenters. The lowest BCUT2D eigenvalue weighted by atomic mass is 10.2. The highest BCUT2D eigenvalue weighted by Gasteiger charge is 2.29. The summed E-state index contributed by atoms with van der Waals surface area (Å²) in [7, 11) is 0. The van der Waals surface area contributed by atoms with E-state index in [1.807, 2.05) is 42.5 Å². The van der Waals surface area contributed by atoms with Gasteiger partial charge in [-0.1, -0.05) is 30.3 Å². The van der Waals surface area contributed by atoms with Crippen molar-refractivity contribution in [3.05, 3.63) is 60.0 Å². The summed E-state index contributed by atoms with van der Waals surface area (Å²) in [6, 6.07) is 18.1. The van der Waals surface area contributed by atoms with Crippen molar-refractivity contribution in [2.45, 2.75) is 12.8 Å². The molecule has 0 atom stereocenters. The van der Waals surface area contributed by atoms with Crippen LogP contribution in [0, 0.1) is 5.92 Å². The first kappa shape index (κ1) is 14.2. The van der Waals surface area contributed by atoms with Gasteiger partial charge in [-0.25, -0.2) is 4.98 Å². The molecule has 2 aromatic carbocycles. The molecule has 0 aliphatic heterocycles. The molecule has 3 nitrogen and oxygen atoms in total. The molecule has 0 saturated heterocycles. The van der Waals surface area contributed by atoms with Gasteiger partial charge in [0, 0.05) is 28.1 Å². The Hall–Kier alpha value is -2.46. The van der Waals surface area contributed by atoms with Crippen molar-refractivity contribution in [1.29, 1.82) is 0 Å². The van der Waals surface area contributed by atoms with Gasteiger partial charge in [-0.3, -0.25) is 4.79 Å². The van der Waals surface area contributed by atoms with E-state index in [4.69, 9.17) is 4.98 Å². The fourth-order valence-corrected chi connectivity index (χ4v) is 3.27. The van der Waals surface area contributed by atoms with E-state index in [0.29, 0.717) is 0 Å². The Labute approximate surface area is 139 Å². The predicted octanol–water partition coefficient (Wildman–Crippen LogP) is 4.83. The summed E-state index contributed by atoms with van der Waals surface area (Å²) in [5.41, 5.74) is 4.05. The third-order valence-corrected chi connectivity index (χ3v) is 4.81. The Morgan fingerprint density at radius 1 is 1.00 bits per heavy atom. The number of hydrogen-bond acceptors (Lipinski definition) is 3. The summed E-state index contributed by atoms with van der Waals surface area (Å²) >= 11 is 1.63. The lowest BCUT2D eigenvalue weighted by Crippen LogP contribution is -2.12. The minimum absolute atomic E-state index is 0.137. The second-order valence-electron chi connectivity index (χ2n) is 5.74. The second kappa shape index (κ2) is 5.97. The average molecular weight is 320 g/mol. The van der Waals surface area contributed by atoms with Gasteiger partial charge < -0.3 is 5.32 Å². The first-order valence-corrected chi connectivity index (χ1v) is 8.60. The maximum Gasteiger partial charge on any atom is 0.227 e. The number of rotatable bonds is 4. The van der Waals surface area contributed by atoms with E-state index in [1.54, 1.807) is 11.3 Å². The highest BCUT2D eigenvalue weighted by Crippen LogP contribution is 2.31. The van der Waals surface area contributed by atoms with Crippen LogP contribution < -0.4 is 5.32 Å². The fourth-order valence-electron chi connectivity index (χ4n) is 2.43. The zero-order chi connectivity index (χ0) is 15.6. The van der Waals surface area contributed by atoms with E-state index in [-0.39, 0.29) is 11.8 Å². The number of carbonyl (C=O) groups excluding carboxylic acids is 1. The van der Waals surface area contributed by atoms with Crippen molar-refractivity contribution < 1.29 is 4.79 Å². The molecule has 114 valence electrons. The van der Waals surface area contributed by atoms with Crippen LogP contribution in [0.25, 0.3) is 21.8 Å². The van der Waals surface area contributed by atoms with Crippen LogP contribution in [-0.2, 0) is 4.79 Å². The average Bonchev–Trinajstić information content (AvgIpc) is 3.34. The molecule has 1 fully saturated rings. The van der Waals surface area contributed by atoms with E-state index in [1.165, 1.54) is 0 Å². The topological polar surface area (TPSA) is 42.0 Å². The number of anilines is 1. The van der Waals surface area contributed by atoms with E-state index >= 15 is 0 Å². The van der Waals surface area contributed by atoms with Crippen molar-refractivity contribution in [3.63, 3.8) is 0 Å². The van der Waals surface area contributed by atoms with Gasteiger partial charge in [0.1, 0.15) is 5.01 Å². The SMILES string of the molecule is O=C(Nc1ccc(-c2nc(-c3ccccc3)cs2)cc1)C1CC1. The summed E-state index contributed by atoms with van der Waals surface area (Å²) in [5.74, 6) is 0.362. The number of benzene rings is 2. The van der Waals surface area contributed by atoms with Gasteiger partial charge in [0.05, 0.1) is 5.69 Å². The van der Waals surface area contributed by atoms with Crippen LogP contribution in [0.15, 0.2) is 60.0 Å². The first-order chi connectivity index (χ1) is 11.3. The minimum atomic E-state index is 0.137. The smallest absolute Gasteiger partial charge is 0.227 e. The standard InChI is InChI=1S/C19H16N2OS/c22-18(14-6-7-14)20-16-10-8-15(9-11-16)19-21-17(12-23-19)13-4-2-1-3-5-13/h1-5,8-12,14H,6-7H2,(H,20,22). The number of hydrogen-bond donors (Lipinski definition) is 1. The van der Waals surface area contributed by atoms with Crippen molar-refractivity contribution in [2.75, 3.05) is 5.32 Å². The van der Waals surface area contributed by atoms with Gasteiger partial charge in [0.25, 0.3) is 0 Å². The number of nitrogens with zero attached hydrogens (tertiary/aromatic N) is 1. The molecular weight excluding hydrogens is 304 g/mol. The van der Waals surface area contributed by atoms with Crippen molar-refractivity contribution >= 4 is 22.9 Å². The molecular formula is C19H16N2OS. The van der Waals surface area contributed by atoms with Gasteiger partial charge in [0.2, 0.25) is 5.91 Å². The largest absolute Gasteiger partial charge is 0.326 e. The summed E-state index contributed by atoms with van der Waals surface area (Å²) < 4.78 is 0. The second-order valence-corrected chi connectivity index (χ2v) is 6.60. The van der Waals surface area contributed by atoms with Crippen molar-refractivity contribution in [3.8, 4) is 21.8 Å². The van der Waals surface area contributed by atoms with Crippen molar-refractivity contribution in [2.24, 2.45) is 5.92 Å². The summed E-state index contributed by atoms with van der Waals surface area (Å²) in [4.78, 5) is 16.5. The van der Waals surface area contributed by atoms with Crippen LogP contribution in [0.1, 0.15) is 12.8 Å². The third kappa shape index (κ3) is 3.17. The summed E-state index contributed by atoms with van der Waals surface area (Å²) in [6.07, 6.45) is 2.04. The molecule has 1 aliphatic rings. The summed E-state index contributed by atoms with van der Waals surface area (Å²) in [5, 5.41) is 6.02. The van der Waals surface area contributed by atoms with Crippen LogP contribution in [0.3, 0.4) is 0 Å². The monoisotopic (exact) mass is 320 g/mol. The highest BCUT2D eigenvalue weighted by atomic mass is 32.1. The van der Waals surface area contributed by atoms with E-state index < -0.39 is 0 Å². The Morgan fingerprint density at radius 2 is 1.74 bits per heavy atom. The van der Waals surface area contributed by atoms with E-state index in [2.05, 4.69) is 22.8 Å². The highest BCUT2D eigenvalue weighted by molar-refractivity contribution is 7.13. The number of amides is 1. The maximum atomic E-state index is 11.8. The van der Waals surface area contributed by atoms with Gasteiger partial charge in [-0.15, -0.1) is 11.3 Å². The first-order valence-electron chi connectivity index (χ1n) is 7.72. The van der Waals surface area contributed by atoms with E-state index in [9.17, 15) is 4.79 Å². The van der Waals surface area contributed by atoms with E-state index in [0.717, 1.165) is 40.4 Å². The van der Waals surface area contributed by atoms with Crippen LogP contribution >= 0.6 is 11.3 Å². The van der Waals surface area contributed by atoms with Crippen LogP contribution in [0.5, 0.6) is 0 Å². The number of aromatic nitrogens is 1. The van der Waals surface area contributed by atoms with Gasteiger partial charge >= 0.3 is 0 Å². The van der Waals surface area contributed by atoms with Crippen LogP contribution in [0.4, 0.5) is 5.69 Å². The molecule has 1 amide bonds. The number of nitrogens with one attached hydrogen (secondary N) is 1. The molecule has 4 heteroatoms. The molecule has 1 aliphatic carbocycles. The van der Waals surface area contributed by atoms with Crippen molar-refractivity contribution in [1.82, 2.24) is 4.98 Å². The molecule has 1 N–H and O–H groups in total. The Bertz CT molecular complexity index is 820. The molecule has 4 rings (SSSR count). The van der Waals surface area contributed by atoms with Crippen LogP contribution in [0.2, 0.25) is 0 Å². The molecule has 1 saturated carbocycles. The van der Waals surface area contributed by atoms with Gasteiger partial charge in [-0.2, -0.15) is 0 Å². The number of carbonyl (C=O) groups is 1. The zero-order valence-corrected chi connectivity index (χ0v) is 13.3. The molecule has 0 radical (unpaired) electrons. The molecule has 23 heavy (non-hydrogen) atoms. The quantitative estimate of drug-likeness (QED) is 0.748. The lowest BCUT2D eigenvalue weighted by Gasteiger charge is -2.04. The predicted molar refractivity (Wildman–Crippen MR) is 94.3 cm³/mol. The van der Waals surface area contributed by atoms with Gasteiger partial charge in [0.15, 0.2) is 0 Å². The molecule has 1 aromatic heterocycles. The Kier molecular flexibility index (Phi) is 3.67. The lowest BCUT2D eigenvalue weighted by molar-refractivity contribution is -0.117. The molecule has 0 bridgehead atoms.